The van der Waals surface area contributed by atoms with Gasteiger partial charge in [0.15, 0.2) is 0 Å². The predicted molar refractivity (Wildman–Crippen MR) is 63.5 cm³/mol. The van der Waals surface area contributed by atoms with Crippen molar-refractivity contribution in [3.63, 3.8) is 0 Å². The van der Waals surface area contributed by atoms with E-state index in [1.807, 2.05) is 6.92 Å². The lowest BCUT2D eigenvalue weighted by Crippen LogP contribution is -2.48. The van der Waals surface area contributed by atoms with Crippen molar-refractivity contribution in [1.82, 2.24) is 10.3 Å². The van der Waals surface area contributed by atoms with Gasteiger partial charge in [0.05, 0.1) is 5.54 Å². The minimum atomic E-state index is -0.482. The minimum absolute atomic E-state index is 0.0558. The van der Waals surface area contributed by atoms with E-state index in [1.165, 1.54) is 0 Å². The molecular formula is C11H14ClN3O. The largest absolute Gasteiger partial charge is 0.309 e. The molecule has 4 nitrogen and oxygen atoms in total. The van der Waals surface area contributed by atoms with Gasteiger partial charge < -0.3 is 10.6 Å². The fourth-order valence-electron chi connectivity index (χ4n) is 1.82. The average molecular weight is 240 g/mol. The molecule has 1 saturated heterocycles. The fourth-order valence-corrected chi connectivity index (χ4v) is 1.98. The van der Waals surface area contributed by atoms with Crippen LogP contribution in [0.3, 0.4) is 0 Å². The van der Waals surface area contributed by atoms with E-state index < -0.39 is 5.54 Å². The zero-order valence-electron chi connectivity index (χ0n) is 9.09. The molecule has 1 amide bonds. The quantitative estimate of drug-likeness (QED) is 0.828. The summed E-state index contributed by atoms with van der Waals surface area (Å²) in [5.74, 6) is 0.437. The number of aromatic nitrogens is 1. The Morgan fingerprint density at radius 3 is 3.12 bits per heavy atom. The van der Waals surface area contributed by atoms with Gasteiger partial charge in [-0.15, -0.1) is 0 Å². The van der Waals surface area contributed by atoms with Crippen LogP contribution in [-0.4, -0.2) is 23.0 Å². The maximum atomic E-state index is 12.0. The van der Waals surface area contributed by atoms with Crippen molar-refractivity contribution in [3.8, 4) is 0 Å². The van der Waals surface area contributed by atoms with Gasteiger partial charge >= 0.3 is 0 Å². The summed E-state index contributed by atoms with van der Waals surface area (Å²) in [5, 5.41) is 6.53. The molecule has 0 bridgehead atoms. The van der Waals surface area contributed by atoms with Gasteiger partial charge in [0.2, 0.25) is 5.91 Å². The van der Waals surface area contributed by atoms with E-state index in [0.29, 0.717) is 10.8 Å². The van der Waals surface area contributed by atoms with Crippen molar-refractivity contribution in [2.45, 2.75) is 25.3 Å². The standard InChI is InChI=1S/C11H14ClN3O/c1-11(4-2-5-14-11)10(16)15-9-7-8(12)3-6-13-9/h3,6-7,14H,2,4-5H2,1H3,(H,13,15,16). The monoisotopic (exact) mass is 239 g/mol. The number of nitrogens with one attached hydrogen (secondary N) is 2. The first-order valence-electron chi connectivity index (χ1n) is 5.28. The summed E-state index contributed by atoms with van der Waals surface area (Å²) in [7, 11) is 0. The third kappa shape index (κ3) is 2.33. The molecule has 1 fully saturated rings. The summed E-state index contributed by atoms with van der Waals surface area (Å²) in [6, 6.07) is 3.31. The normalized spacial score (nSPS) is 24.4. The highest BCUT2D eigenvalue weighted by molar-refractivity contribution is 6.30. The summed E-state index contributed by atoms with van der Waals surface area (Å²) in [4.78, 5) is 16.0. The highest BCUT2D eigenvalue weighted by Gasteiger charge is 2.35. The number of hydrogen-bond donors (Lipinski definition) is 2. The highest BCUT2D eigenvalue weighted by Crippen LogP contribution is 2.21. The lowest BCUT2D eigenvalue weighted by Gasteiger charge is -2.22. The van der Waals surface area contributed by atoms with Crippen LogP contribution in [0, 0.1) is 0 Å². The van der Waals surface area contributed by atoms with Gasteiger partial charge in [-0.05, 0) is 38.4 Å². The van der Waals surface area contributed by atoms with E-state index in [1.54, 1.807) is 18.3 Å². The van der Waals surface area contributed by atoms with Crippen LogP contribution in [0.2, 0.25) is 5.02 Å². The molecule has 1 aliphatic rings. The number of carbonyl (C=O) groups is 1. The molecule has 0 aromatic carbocycles. The van der Waals surface area contributed by atoms with E-state index in [0.717, 1.165) is 19.4 Å². The van der Waals surface area contributed by atoms with E-state index in [2.05, 4.69) is 15.6 Å². The zero-order valence-corrected chi connectivity index (χ0v) is 9.84. The first-order chi connectivity index (χ1) is 7.60. The van der Waals surface area contributed by atoms with Crippen molar-refractivity contribution >= 4 is 23.3 Å². The van der Waals surface area contributed by atoms with Gasteiger partial charge in [0, 0.05) is 11.2 Å². The summed E-state index contributed by atoms with van der Waals surface area (Å²) in [6.07, 6.45) is 3.44. The van der Waals surface area contributed by atoms with Gasteiger partial charge in [0.25, 0.3) is 0 Å². The van der Waals surface area contributed by atoms with Crippen molar-refractivity contribution < 1.29 is 4.79 Å². The number of halogens is 1. The molecular weight excluding hydrogens is 226 g/mol. The average Bonchev–Trinajstić information content (AvgIpc) is 2.66. The molecule has 1 atom stereocenters. The predicted octanol–water partition coefficient (Wildman–Crippen LogP) is 1.82. The third-order valence-electron chi connectivity index (χ3n) is 2.83. The number of amides is 1. The number of hydrogen-bond acceptors (Lipinski definition) is 3. The van der Waals surface area contributed by atoms with Crippen LogP contribution >= 0.6 is 11.6 Å². The van der Waals surface area contributed by atoms with Crippen LogP contribution < -0.4 is 10.6 Å². The topological polar surface area (TPSA) is 54.0 Å². The number of anilines is 1. The molecule has 0 spiro atoms. The number of pyridine rings is 1. The SMILES string of the molecule is CC1(C(=O)Nc2cc(Cl)ccn2)CCCN1. The molecule has 16 heavy (non-hydrogen) atoms. The van der Waals surface area contributed by atoms with Crippen LogP contribution in [0.5, 0.6) is 0 Å². The Hall–Kier alpha value is -1.13. The Kier molecular flexibility index (Phi) is 3.12. The molecule has 2 N–H and O–H groups in total. The first kappa shape index (κ1) is 11.4. The Labute approximate surface area is 99.4 Å². The van der Waals surface area contributed by atoms with Crippen LogP contribution in [0.1, 0.15) is 19.8 Å². The number of rotatable bonds is 2. The molecule has 0 saturated carbocycles. The van der Waals surface area contributed by atoms with Gasteiger partial charge in [-0.25, -0.2) is 4.98 Å². The maximum Gasteiger partial charge on any atom is 0.245 e. The van der Waals surface area contributed by atoms with E-state index in [-0.39, 0.29) is 5.91 Å². The van der Waals surface area contributed by atoms with Gasteiger partial charge in [-0.2, -0.15) is 0 Å². The Balaban J connectivity index is 2.07. The van der Waals surface area contributed by atoms with Crippen molar-refractivity contribution in [1.29, 1.82) is 0 Å². The molecule has 2 rings (SSSR count). The van der Waals surface area contributed by atoms with Gasteiger partial charge in [-0.1, -0.05) is 11.6 Å². The number of nitrogens with zero attached hydrogens (tertiary/aromatic N) is 1. The second-order valence-corrected chi connectivity index (χ2v) is 4.61. The molecule has 1 aromatic rings. The lowest BCUT2D eigenvalue weighted by atomic mass is 9.99. The Morgan fingerprint density at radius 1 is 1.69 bits per heavy atom. The van der Waals surface area contributed by atoms with Crippen molar-refractivity contribution in [3.05, 3.63) is 23.4 Å². The Bertz CT molecular complexity index is 402. The maximum absolute atomic E-state index is 12.0. The number of carbonyl (C=O) groups excluding carboxylic acids is 1. The molecule has 1 aliphatic heterocycles. The first-order valence-corrected chi connectivity index (χ1v) is 5.66. The summed E-state index contributed by atoms with van der Waals surface area (Å²) in [6.45, 7) is 2.78. The lowest BCUT2D eigenvalue weighted by molar-refractivity contribution is -0.121. The van der Waals surface area contributed by atoms with Gasteiger partial charge in [-0.3, -0.25) is 4.79 Å². The summed E-state index contributed by atoms with van der Waals surface area (Å²) < 4.78 is 0. The Morgan fingerprint density at radius 2 is 2.50 bits per heavy atom. The summed E-state index contributed by atoms with van der Waals surface area (Å²) >= 11 is 5.82. The molecule has 86 valence electrons. The zero-order chi connectivity index (χ0) is 11.6. The smallest absolute Gasteiger partial charge is 0.245 e. The second kappa shape index (κ2) is 4.39. The second-order valence-electron chi connectivity index (χ2n) is 4.18. The van der Waals surface area contributed by atoms with Crippen LogP contribution in [0.15, 0.2) is 18.3 Å². The van der Waals surface area contributed by atoms with E-state index in [4.69, 9.17) is 11.6 Å². The molecule has 5 heteroatoms. The van der Waals surface area contributed by atoms with Crippen LogP contribution in [0.4, 0.5) is 5.82 Å². The molecule has 0 aliphatic carbocycles. The van der Waals surface area contributed by atoms with E-state index in [9.17, 15) is 4.79 Å². The molecule has 1 aromatic heterocycles. The highest BCUT2D eigenvalue weighted by atomic mass is 35.5. The van der Waals surface area contributed by atoms with Crippen molar-refractivity contribution in [2.75, 3.05) is 11.9 Å². The van der Waals surface area contributed by atoms with Crippen molar-refractivity contribution in [2.24, 2.45) is 0 Å². The molecule has 1 unspecified atom stereocenters. The van der Waals surface area contributed by atoms with E-state index >= 15 is 0 Å². The van der Waals surface area contributed by atoms with Crippen LogP contribution in [0.25, 0.3) is 0 Å². The minimum Gasteiger partial charge on any atom is -0.309 e. The third-order valence-corrected chi connectivity index (χ3v) is 3.07. The molecule has 0 radical (unpaired) electrons. The summed E-state index contributed by atoms with van der Waals surface area (Å²) in [5.41, 5.74) is -0.482. The van der Waals surface area contributed by atoms with Gasteiger partial charge in [0.1, 0.15) is 5.82 Å². The van der Waals surface area contributed by atoms with Crippen LogP contribution in [-0.2, 0) is 4.79 Å². The fraction of sp³-hybridized carbons (Fsp3) is 0.455. The molecule has 2 heterocycles.